The fourth-order valence-corrected chi connectivity index (χ4v) is 3.31. The Morgan fingerprint density at radius 1 is 0.800 bits per heavy atom. The topological polar surface area (TPSA) is 9.23 Å². The largest absolute Gasteiger partial charge is 0.486 e. The van der Waals surface area contributed by atoms with Gasteiger partial charge in [-0.25, -0.2) is 4.39 Å². The molecule has 0 aliphatic heterocycles. The van der Waals surface area contributed by atoms with E-state index in [4.69, 9.17) is 4.74 Å². The minimum Gasteiger partial charge on any atom is -0.486 e. The Kier molecular flexibility index (Phi) is 8.02. The van der Waals surface area contributed by atoms with E-state index in [0.717, 1.165) is 42.4 Å². The second-order valence-corrected chi connectivity index (χ2v) is 7.38. The third-order valence-electron chi connectivity index (χ3n) is 5.11. The van der Waals surface area contributed by atoms with Crippen LogP contribution < -0.4 is 4.74 Å². The summed E-state index contributed by atoms with van der Waals surface area (Å²) in [5.41, 5.74) is 5.43. The van der Waals surface area contributed by atoms with Crippen molar-refractivity contribution in [3.63, 3.8) is 0 Å². The van der Waals surface area contributed by atoms with Gasteiger partial charge in [0.2, 0.25) is 0 Å². The van der Waals surface area contributed by atoms with E-state index in [1.807, 2.05) is 43.3 Å². The normalized spacial score (nSPS) is 11.0. The molecule has 1 nitrogen and oxygen atoms in total. The zero-order valence-electron chi connectivity index (χ0n) is 17.6. The van der Waals surface area contributed by atoms with Crippen LogP contribution in [0.1, 0.15) is 36.5 Å². The van der Waals surface area contributed by atoms with Crippen LogP contribution >= 0.6 is 0 Å². The average molecular weight is 401 g/mol. The van der Waals surface area contributed by atoms with Crippen LogP contribution in [-0.2, 0) is 19.4 Å². The van der Waals surface area contributed by atoms with Crippen LogP contribution in [0.4, 0.5) is 4.39 Å². The molecule has 3 rings (SSSR count). The highest BCUT2D eigenvalue weighted by Crippen LogP contribution is 2.27. The Morgan fingerprint density at radius 3 is 2.03 bits per heavy atom. The van der Waals surface area contributed by atoms with Crippen LogP contribution in [0.15, 0.2) is 91.5 Å². The highest BCUT2D eigenvalue weighted by atomic mass is 19.1. The fraction of sp³-hybridized carbons (Fsp3) is 0.214. The molecule has 3 aromatic carbocycles. The van der Waals surface area contributed by atoms with Crippen molar-refractivity contribution in [1.29, 1.82) is 0 Å². The van der Waals surface area contributed by atoms with Gasteiger partial charge in [-0.05, 0) is 72.6 Å². The Hall–Kier alpha value is -3.13. The summed E-state index contributed by atoms with van der Waals surface area (Å²) in [4.78, 5) is 0. The number of halogens is 1. The number of rotatable bonds is 10. The van der Waals surface area contributed by atoms with Crippen LogP contribution in [0.2, 0.25) is 0 Å². The summed E-state index contributed by atoms with van der Waals surface area (Å²) < 4.78 is 20.3. The maximum absolute atomic E-state index is 14.6. The lowest BCUT2D eigenvalue weighted by Crippen LogP contribution is -1.98. The molecular weight excluding hydrogens is 371 g/mol. The molecule has 0 radical (unpaired) electrons. The smallest absolute Gasteiger partial charge is 0.165 e. The second-order valence-electron chi connectivity index (χ2n) is 7.38. The third kappa shape index (κ3) is 6.18. The van der Waals surface area contributed by atoms with E-state index in [0.29, 0.717) is 6.61 Å². The van der Waals surface area contributed by atoms with Gasteiger partial charge >= 0.3 is 0 Å². The van der Waals surface area contributed by atoms with E-state index < -0.39 is 0 Å². The van der Waals surface area contributed by atoms with E-state index in [1.165, 1.54) is 11.1 Å². The molecule has 0 aliphatic rings. The van der Waals surface area contributed by atoms with Gasteiger partial charge < -0.3 is 4.74 Å². The molecular formula is C28H29FO. The van der Waals surface area contributed by atoms with Crippen molar-refractivity contribution >= 4 is 0 Å². The summed E-state index contributed by atoms with van der Waals surface area (Å²) in [6.07, 6.45) is 10.2. The minimum atomic E-state index is -0.341. The van der Waals surface area contributed by atoms with Gasteiger partial charge in [-0.3, -0.25) is 0 Å². The molecule has 0 N–H and O–H groups in total. The van der Waals surface area contributed by atoms with Crippen LogP contribution in [0, 0.1) is 5.82 Å². The standard InChI is InChI=1S/C28H29FO/c1-3-5-7-9-23-10-12-24(13-11-23)21-30-28-19-18-26(20-27(28)29)25-16-14-22(15-17-25)8-6-4-2/h3-5,10-20H,2,6-9,21H2,1H3/b5-3+. The summed E-state index contributed by atoms with van der Waals surface area (Å²) in [7, 11) is 0. The highest BCUT2D eigenvalue weighted by molar-refractivity contribution is 5.64. The molecule has 0 aliphatic carbocycles. The van der Waals surface area contributed by atoms with E-state index in [2.05, 4.69) is 43.0 Å². The quantitative estimate of drug-likeness (QED) is 0.317. The summed E-state index contributed by atoms with van der Waals surface area (Å²) in [6.45, 7) is 6.14. The van der Waals surface area contributed by atoms with Gasteiger partial charge in [0.15, 0.2) is 11.6 Å². The molecule has 0 amide bonds. The predicted molar refractivity (Wildman–Crippen MR) is 124 cm³/mol. The first-order valence-corrected chi connectivity index (χ1v) is 10.5. The van der Waals surface area contributed by atoms with Crippen LogP contribution in [0.5, 0.6) is 5.75 Å². The lowest BCUT2D eigenvalue weighted by molar-refractivity contribution is 0.290. The number of hydrogen-bond acceptors (Lipinski definition) is 1. The van der Waals surface area contributed by atoms with Gasteiger partial charge in [0.05, 0.1) is 0 Å². The third-order valence-corrected chi connectivity index (χ3v) is 5.11. The molecule has 0 saturated carbocycles. The predicted octanol–water partition coefficient (Wildman–Crippen LogP) is 7.70. The zero-order valence-corrected chi connectivity index (χ0v) is 17.6. The maximum Gasteiger partial charge on any atom is 0.165 e. The van der Waals surface area contributed by atoms with Gasteiger partial charge in [0.25, 0.3) is 0 Å². The van der Waals surface area contributed by atoms with Crippen molar-refractivity contribution in [1.82, 2.24) is 0 Å². The van der Waals surface area contributed by atoms with Gasteiger partial charge in [-0.1, -0.05) is 72.8 Å². The highest BCUT2D eigenvalue weighted by Gasteiger charge is 2.07. The van der Waals surface area contributed by atoms with Crippen molar-refractivity contribution in [3.05, 3.63) is 114 Å². The Bertz CT molecular complexity index is 969. The number of allylic oxidation sites excluding steroid dienone is 3. The molecule has 2 heteroatoms. The van der Waals surface area contributed by atoms with E-state index in [-0.39, 0.29) is 11.6 Å². The number of hydrogen-bond donors (Lipinski definition) is 0. The molecule has 0 aromatic heterocycles. The summed E-state index contributed by atoms with van der Waals surface area (Å²) >= 11 is 0. The molecule has 0 unspecified atom stereocenters. The molecule has 3 aromatic rings. The lowest BCUT2D eigenvalue weighted by atomic mass is 10.0. The van der Waals surface area contributed by atoms with Crippen LogP contribution in [-0.4, -0.2) is 0 Å². The van der Waals surface area contributed by atoms with Crippen molar-refractivity contribution < 1.29 is 9.13 Å². The van der Waals surface area contributed by atoms with Gasteiger partial charge in [-0.2, -0.15) is 0 Å². The molecule has 30 heavy (non-hydrogen) atoms. The van der Waals surface area contributed by atoms with Gasteiger partial charge in [-0.15, -0.1) is 6.58 Å². The monoisotopic (exact) mass is 400 g/mol. The molecule has 0 bridgehead atoms. The molecule has 0 saturated heterocycles. The lowest BCUT2D eigenvalue weighted by Gasteiger charge is -2.10. The zero-order chi connectivity index (χ0) is 21.2. The van der Waals surface area contributed by atoms with Gasteiger partial charge in [0, 0.05) is 0 Å². The summed E-state index contributed by atoms with van der Waals surface area (Å²) in [6, 6.07) is 21.7. The number of aryl methyl sites for hydroxylation is 2. The Balaban J connectivity index is 1.59. The number of ether oxygens (including phenoxy) is 1. The summed E-state index contributed by atoms with van der Waals surface area (Å²) in [5, 5.41) is 0. The van der Waals surface area contributed by atoms with Crippen LogP contribution in [0.25, 0.3) is 11.1 Å². The first-order chi connectivity index (χ1) is 14.7. The Labute approximate surface area is 179 Å². The van der Waals surface area contributed by atoms with Gasteiger partial charge in [0.1, 0.15) is 6.61 Å². The van der Waals surface area contributed by atoms with Crippen molar-refractivity contribution in [2.75, 3.05) is 0 Å². The van der Waals surface area contributed by atoms with Crippen molar-refractivity contribution in [2.24, 2.45) is 0 Å². The van der Waals surface area contributed by atoms with E-state index in [9.17, 15) is 4.39 Å². The first kappa shape index (κ1) is 21.6. The molecule has 0 heterocycles. The SMILES string of the molecule is C=CCCc1ccc(-c2ccc(OCc3ccc(CC/C=C/C)cc3)c(F)c2)cc1. The average Bonchev–Trinajstić information content (AvgIpc) is 2.78. The minimum absolute atomic E-state index is 0.276. The molecule has 0 fully saturated rings. The van der Waals surface area contributed by atoms with Crippen molar-refractivity contribution in [3.8, 4) is 16.9 Å². The second kappa shape index (κ2) is 11.2. The Morgan fingerprint density at radius 2 is 1.40 bits per heavy atom. The number of benzene rings is 3. The maximum atomic E-state index is 14.6. The van der Waals surface area contributed by atoms with Crippen molar-refractivity contribution in [2.45, 2.75) is 39.2 Å². The van der Waals surface area contributed by atoms with E-state index >= 15 is 0 Å². The first-order valence-electron chi connectivity index (χ1n) is 10.5. The fourth-order valence-electron chi connectivity index (χ4n) is 3.31. The van der Waals surface area contributed by atoms with E-state index in [1.54, 1.807) is 12.1 Å². The summed E-state index contributed by atoms with van der Waals surface area (Å²) in [5.74, 6) is -0.0651. The van der Waals surface area contributed by atoms with Crippen LogP contribution in [0.3, 0.4) is 0 Å². The molecule has 154 valence electrons. The molecule has 0 spiro atoms. The molecule has 0 atom stereocenters.